The summed E-state index contributed by atoms with van der Waals surface area (Å²) in [6.07, 6.45) is 1.41. The Bertz CT molecular complexity index is 967. The van der Waals surface area contributed by atoms with Crippen LogP contribution in [0, 0.1) is 18.3 Å². The van der Waals surface area contributed by atoms with E-state index in [1.54, 1.807) is 14.1 Å². The van der Waals surface area contributed by atoms with Gasteiger partial charge in [0.2, 0.25) is 0 Å². The van der Waals surface area contributed by atoms with Crippen LogP contribution in [0.3, 0.4) is 0 Å². The number of nitrogens with one attached hydrogen (secondary N) is 1. The number of benzene rings is 1. The van der Waals surface area contributed by atoms with Crippen molar-refractivity contribution in [2.75, 3.05) is 19.4 Å². The van der Waals surface area contributed by atoms with Gasteiger partial charge in [-0.05, 0) is 24.6 Å². The second-order valence-corrected chi connectivity index (χ2v) is 5.57. The molecule has 120 valence electrons. The molecule has 0 aliphatic heterocycles. The topological polar surface area (TPSA) is 86.8 Å². The number of amides is 2. The monoisotopic (exact) mass is 320 g/mol. The molecule has 0 spiro atoms. The van der Waals surface area contributed by atoms with E-state index in [0.717, 1.165) is 16.5 Å². The summed E-state index contributed by atoms with van der Waals surface area (Å²) in [6.45, 7) is 1.99. The maximum absolute atomic E-state index is 12.0. The van der Waals surface area contributed by atoms with Gasteiger partial charge in [0.25, 0.3) is 0 Å². The number of anilines is 1. The summed E-state index contributed by atoms with van der Waals surface area (Å²) < 4.78 is 1.47. The molecule has 7 nitrogen and oxygen atoms in total. The molecule has 0 unspecified atom stereocenters. The van der Waals surface area contributed by atoms with Gasteiger partial charge < -0.3 is 4.90 Å². The molecule has 2 amide bonds. The minimum Gasteiger partial charge on any atom is -0.331 e. The van der Waals surface area contributed by atoms with Gasteiger partial charge in [-0.3, -0.25) is 5.32 Å². The fourth-order valence-corrected chi connectivity index (χ4v) is 2.38. The van der Waals surface area contributed by atoms with Crippen LogP contribution in [0.4, 0.5) is 10.6 Å². The Morgan fingerprint density at radius 1 is 1.33 bits per heavy atom. The third-order valence-corrected chi connectivity index (χ3v) is 3.65. The molecule has 1 aromatic carbocycles. The molecule has 0 saturated carbocycles. The van der Waals surface area contributed by atoms with Crippen LogP contribution >= 0.6 is 0 Å². The van der Waals surface area contributed by atoms with Crippen molar-refractivity contribution in [3.05, 3.63) is 47.7 Å². The van der Waals surface area contributed by atoms with Crippen LogP contribution in [0.1, 0.15) is 11.1 Å². The van der Waals surface area contributed by atoms with Crippen molar-refractivity contribution < 1.29 is 4.79 Å². The van der Waals surface area contributed by atoms with Gasteiger partial charge in [0.1, 0.15) is 11.6 Å². The minimum absolute atomic E-state index is 0.276. The Morgan fingerprint density at radius 3 is 2.79 bits per heavy atom. The van der Waals surface area contributed by atoms with Gasteiger partial charge in [-0.1, -0.05) is 18.2 Å². The van der Waals surface area contributed by atoms with Crippen molar-refractivity contribution in [1.82, 2.24) is 19.7 Å². The molecular weight excluding hydrogens is 304 g/mol. The number of hydrogen-bond acceptors (Lipinski definition) is 4. The average molecular weight is 320 g/mol. The van der Waals surface area contributed by atoms with Crippen molar-refractivity contribution in [3.63, 3.8) is 0 Å². The van der Waals surface area contributed by atoms with Gasteiger partial charge in [0, 0.05) is 19.5 Å². The summed E-state index contributed by atoms with van der Waals surface area (Å²) >= 11 is 0. The molecule has 3 rings (SSSR count). The molecule has 0 radical (unpaired) electrons. The third kappa shape index (κ3) is 2.65. The van der Waals surface area contributed by atoms with Crippen LogP contribution in [0.25, 0.3) is 16.7 Å². The molecule has 2 heterocycles. The van der Waals surface area contributed by atoms with Gasteiger partial charge in [0.15, 0.2) is 11.6 Å². The lowest BCUT2D eigenvalue weighted by Gasteiger charge is -2.14. The average Bonchev–Trinajstić information content (AvgIpc) is 2.97. The summed E-state index contributed by atoms with van der Waals surface area (Å²) in [5.41, 5.74) is 2.14. The van der Waals surface area contributed by atoms with Gasteiger partial charge in [-0.2, -0.15) is 15.0 Å². The van der Waals surface area contributed by atoms with E-state index >= 15 is 0 Å². The Morgan fingerprint density at radius 2 is 2.08 bits per heavy atom. The molecular formula is C17H16N6O. The highest BCUT2D eigenvalue weighted by Gasteiger charge is 2.17. The number of rotatable bonds is 2. The van der Waals surface area contributed by atoms with Gasteiger partial charge in [-0.25, -0.2) is 9.78 Å². The van der Waals surface area contributed by atoms with Crippen molar-refractivity contribution in [2.24, 2.45) is 0 Å². The summed E-state index contributed by atoms with van der Waals surface area (Å²) in [7, 11) is 3.25. The Balaban J connectivity index is 2.15. The highest BCUT2D eigenvalue weighted by molar-refractivity contribution is 5.90. The van der Waals surface area contributed by atoms with E-state index in [4.69, 9.17) is 0 Å². The maximum atomic E-state index is 12.0. The zero-order valence-electron chi connectivity index (χ0n) is 13.6. The molecule has 1 N–H and O–H groups in total. The molecule has 0 atom stereocenters. The molecule has 0 aliphatic rings. The van der Waals surface area contributed by atoms with E-state index in [0.29, 0.717) is 11.6 Å². The first-order valence-electron chi connectivity index (χ1n) is 7.34. The van der Waals surface area contributed by atoms with Gasteiger partial charge in [0.05, 0.1) is 11.7 Å². The lowest BCUT2D eigenvalue weighted by molar-refractivity contribution is 0.230. The second-order valence-electron chi connectivity index (χ2n) is 5.57. The van der Waals surface area contributed by atoms with E-state index in [2.05, 4.69) is 15.4 Å². The van der Waals surface area contributed by atoms with E-state index in [-0.39, 0.29) is 11.6 Å². The van der Waals surface area contributed by atoms with Gasteiger partial charge in [-0.15, -0.1) is 0 Å². The summed E-state index contributed by atoms with van der Waals surface area (Å²) in [5.74, 6) is 0.847. The zero-order valence-corrected chi connectivity index (χ0v) is 13.6. The highest BCUT2D eigenvalue weighted by atomic mass is 16.2. The Hall–Kier alpha value is -3.40. The number of nitrogens with zero attached hydrogens (tertiary/aromatic N) is 5. The molecule has 3 aromatic rings. The van der Waals surface area contributed by atoms with E-state index in [1.807, 2.05) is 43.3 Å². The van der Waals surface area contributed by atoms with Crippen LogP contribution in [-0.4, -0.2) is 39.8 Å². The number of nitriles is 1. The van der Waals surface area contributed by atoms with E-state index in [9.17, 15) is 10.1 Å². The van der Waals surface area contributed by atoms with Crippen LogP contribution < -0.4 is 5.32 Å². The molecule has 0 bridgehead atoms. The molecule has 24 heavy (non-hydrogen) atoms. The van der Waals surface area contributed by atoms with Crippen molar-refractivity contribution in [2.45, 2.75) is 6.92 Å². The molecule has 0 fully saturated rings. The number of hydrogen-bond donors (Lipinski definition) is 1. The lowest BCUT2D eigenvalue weighted by atomic mass is 10.1. The van der Waals surface area contributed by atoms with E-state index < -0.39 is 0 Å². The molecule has 2 aromatic heterocycles. The number of urea groups is 1. The SMILES string of the molecule is Cc1cc(-n2ncc(C#N)c2NC(=O)N(C)C)nc2ccccc12. The smallest absolute Gasteiger partial charge is 0.322 e. The first-order chi connectivity index (χ1) is 11.5. The number of para-hydroxylation sites is 1. The second kappa shape index (κ2) is 6.01. The first kappa shape index (κ1) is 15.5. The summed E-state index contributed by atoms with van der Waals surface area (Å²) in [5, 5.41) is 17.2. The molecule has 0 aliphatic carbocycles. The number of carbonyl (C=O) groups excluding carboxylic acids is 1. The highest BCUT2D eigenvalue weighted by Crippen LogP contribution is 2.23. The lowest BCUT2D eigenvalue weighted by Crippen LogP contribution is -2.28. The quantitative estimate of drug-likeness (QED) is 0.786. The van der Waals surface area contributed by atoms with Gasteiger partial charge >= 0.3 is 6.03 Å². The largest absolute Gasteiger partial charge is 0.331 e. The van der Waals surface area contributed by atoms with Crippen LogP contribution in [0.5, 0.6) is 0 Å². The predicted molar refractivity (Wildman–Crippen MR) is 91.0 cm³/mol. The number of pyridine rings is 1. The van der Waals surface area contributed by atoms with Crippen LogP contribution in [-0.2, 0) is 0 Å². The number of carbonyl (C=O) groups is 1. The first-order valence-corrected chi connectivity index (χ1v) is 7.34. The fourth-order valence-electron chi connectivity index (χ4n) is 2.38. The standard InChI is InChI=1S/C17H16N6O/c1-11-8-15(20-14-7-5-4-6-13(11)14)23-16(12(9-18)10-19-23)21-17(24)22(2)3/h4-8,10H,1-3H3,(H,21,24). The van der Waals surface area contributed by atoms with Crippen molar-refractivity contribution >= 4 is 22.8 Å². The van der Waals surface area contributed by atoms with E-state index in [1.165, 1.54) is 15.8 Å². The molecule has 7 heteroatoms. The van der Waals surface area contributed by atoms with Crippen molar-refractivity contribution in [1.29, 1.82) is 5.26 Å². The zero-order chi connectivity index (χ0) is 17.3. The van der Waals surface area contributed by atoms with Crippen LogP contribution in [0.15, 0.2) is 36.5 Å². The number of aryl methyl sites for hydroxylation is 1. The number of fused-ring (bicyclic) bond motifs is 1. The minimum atomic E-state index is -0.342. The van der Waals surface area contributed by atoms with Crippen LogP contribution in [0.2, 0.25) is 0 Å². The normalized spacial score (nSPS) is 10.4. The molecule has 0 saturated heterocycles. The Kier molecular flexibility index (Phi) is 3.88. The van der Waals surface area contributed by atoms with Crippen molar-refractivity contribution in [3.8, 4) is 11.9 Å². The Labute approximate surface area is 139 Å². The number of aromatic nitrogens is 3. The maximum Gasteiger partial charge on any atom is 0.322 e. The fraction of sp³-hybridized carbons (Fsp3) is 0.176. The summed E-state index contributed by atoms with van der Waals surface area (Å²) in [4.78, 5) is 18.0. The summed E-state index contributed by atoms with van der Waals surface area (Å²) in [6, 6.07) is 11.4. The predicted octanol–water partition coefficient (Wildman–Crippen LogP) is 2.69. The third-order valence-electron chi connectivity index (χ3n) is 3.65.